The van der Waals surface area contributed by atoms with Crippen LogP contribution in [-0.2, 0) is 7.05 Å². The number of aliphatic hydroxyl groups is 1. The van der Waals surface area contributed by atoms with E-state index in [1.807, 2.05) is 25.4 Å². The van der Waals surface area contributed by atoms with Crippen LogP contribution >= 0.6 is 0 Å². The molecule has 3 rings (SSSR count). The van der Waals surface area contributed by atoms with Gasteiger partial charge in [0.25, 0.3) is 0 Å². The molecular formula is C11H12N6O. The van der Waals surface area contributed by atoms with Gasteiger partial charge >= 0.3 is 0 Å². The SMILES string of the molecule is C[C@H](O)c1nnc2ccc(-c3cnn(C)c3)nn12. The molecule has 0 saturated heterocycles. The lowest BCUT2D eigenvalue weighted by atomic mass is 10.2. The summed E-state index contributed by atoms with van der Waals surface area (Å²) in [5, 5.41) is 26.0. The molecule has 3 aromatic heterocycles. The van der Waals surface area contributed by atoms with E-state index < -0.39 is 6.10 Å². The Balaban J connectivity index is 2.17. The summed E-state index contributed by atoms with van der Waals surface area (Å²) in [5.74, 6) is 0.427. The Hall–Kier alpha value is -2.28. The zero-order valence-electron chi connectivity index (χ0n) is 10.0. The quantitative estimate of drug-likeness (QED) is 0.713. The fourth-order valence-electron chi connectivity index (χ4n) is 1.77. The number of nitrogens with zero attached hydrogens (tertiary/aromatic N) is 6. The summed E-state index contributed by atoms with van der Waals surface area (Å²) in [7, 11) is 1.85. The first kappa shape index (κ1) is 10.8. The topological polar surface area (TPSA) is 81.1 Å². The minimum absolute atomic E-state index is 0.427. The van der Waals surface area contributed by atoms with E-state index in [2.05, 4.69) is 20.4 Å². The van der Waals surface area contributed by atoms with Gasteiger partial charge in [0.1, 0.15) is 6.10 Å². The van der Waals surface area contributed by atoms with E-state index in [9.17, 15) is 5.11 Å². The molecule has 1 N–H and O–H groups in total. The van der Waals surface area contributed by atoms with Gasteiger partial charge < -0.3 is 5.11 Å². The Kier molecular flexibility index (Phi) is 2.34. The van der Waals surface area contributed by atoms with Crippen LogP contribution in [0, 0.1) is 0 Å². The van der Waals surface area contributed by atoms with Gasteiger partial charge in [-0.25, -0.2) is 0 Å². The van der Waals surface area contributed by atoms with E-state index in [4.69, 9.17) is 0 Å². The Morgan fingerprint density at radius 1 is 1.28 bits per heavy atom. The number of aryl methyl sites for hydroxylation is 1. The van der Waals surface area contributed by atoms with E-state index in [-0.39, 0.29) is 0 Å². The average molecular weight is 244 g/mol. The number of rotatable bonds is 2. The monoisotopic (exact) mass is 244 g/mol. The van der Waals surface area contributed by atoms with Gasteiger partial charge in [0, 0.05) is 18.8 Å². The molecule has 0 bridgehead atoms. The van der Waals surface area contributed by atoms with Crippen LogP contribution in [0.2, 0.25) is 0 Å². The Morgan fingerprint density at radius 3 is 2.78 bits per heavy atom. The summed E-state index contributed by atoms with van der Waals surface area (Å²) in [6.07, 6.45) is 2.90. The molecule has 7 heteroatoms. The number of aromatic nitrogens is 6. The molecule has 0 aliphatic rings. The largest absolute Gasteiger partial charge is 0.385 e. The van der Waals surface area contributed by atoms with E-state index in [1.165, 1.54) is 0 Å². The fourth-order valence-corrected chi connectivity index (χ4v) is 1.77. The minimum atomic E-state index is -0.711. The molecule has 3 aromatic rings. The smallest absolute Gasteiger partial charge is 0.183 e. The minimum Gasteiger partial charge on any atom is -0.385 e. The van der Waals surface area contributed by atoms with Crippen molar-refractivity contribution >= 4 is 5.65 Å². The predicted octanol–water partition coefficient (Wildman–Crippen LogP) is 0.578. The van der Waals surface area contributed by atoms with Crippen LogP contribution in [0.15, 0.2) is 24.5 Å². The van der Waals surface area contributed by atoms with Gasteiger partial charge in [0.05, 0.1) is 11.9 Å². The lowest BCUT2D eigenvalue weighted by Crippen LogP contribution is -2.03. The average Bonchev–Trinajstić information content (AvgIpc) is 2.93. The maximum absolute atomic E-state index is 9.60. The van der Waals surface area contributed by atoms with Crippen LogP contribution in [0.25, 0.3) is 16.9 Å². The highest BCUT2D eigenvalue weighted by molar-refractivity contribution is 5.58. The molecular weight excluding hydrogens is 232 g/mol. The zero-order chi connectivity index (χ0) is 12.7. The Morgan fingerprint density at radius 2 is 2.11 bits per heavy atom. The van der Waals surface area contributed by atoms with Crippen LogP contribution in [0.4, 0.5) is 0 Å². The van der Waals surface area contributed by atoms with Crippen molar-refractivity contribution in [1.29, 1.82) is 0 Å². The lowest BCUT2D eigenvalue weighted by Gasteiger charge is -2.02. The molecule has 0 amide bonds. The van der Waals surface area contributed by atoms with Crippen LogP contribution in [0.1, 0.15) is 18.9 Å². The van der Waals surface area contributed by atoms with Crippen molar-refractivity contribution in [3.63, 3.8) is 0 Å². The van der Waals surface area contributed by atoms with Gasteiger partial charge in [0.2, 0.25) is 0 Å². The van der Waals surface area contributed by atoms with Crippen LogP contribution in [0.5, 0.6) is 0 Å². The summed E-state index contributed by atoms with van der Waals surface area (Å²) >= 11 is 0. The van der Waals surface area contributed by atoms with Crippen molar-refractivity contribution in [1.82, 2.24) is 29.6 Å². The second-order valence-electron chi connectivity index (χ2n) is 4.13. The van der Waals surface area contributed by atoms with Crippen LogP contribution in [0.3, 0.4) is 0 Å². The molecule has 0 aromatic carbocycles. The maximum Gasteiger partial charge on any atom is 0.183 e. The van der Waals surface area contributed by atoms with Gasteiger partial charge in [-0.3, -0.25) is 4.68 Å². The van der Waals surface area contributed by atoms with Gasteiger partial charge in [0.15, 0.2) is 11.5 Å². The number of aliphatic hydroxyl groups excluding tert-OH is 1. The first-order chi connectivity index (χ1) is 8.65. The first-order valence-electron chi connectivity index (χ1n) is 5.54. The Bertz CT molecular complexity index is 698. The number of fused-ring (bicyclic) bond motifs is 1. The highest BCUT2D eigenvalue weighted by atomic mass is 16.3. The molecule has 0 saturated carbocycles. The van der Waals surface area contributed by atoms with E-state index >= 15 is 0 Å². The maximum atomic E-state index is 9.60. The predicted molar refractivity (Wildman–Crippen MR) is 63.6 cm³/mol. The highest BCUT2D eigenvalue weighted by Crippen LogP contribution is 2.17. The molecule has 92 valence electrons. The molecule has 0 aliphatic heterocycles. The van der Waals surface area contributed by atoms with E-state index in [0.717, 1.165) is 11.3 Å². The Labute approximate surface area is 103 Å². The number of hydrogen-bond donors (Lipinski definition) is 1. The second-order valence-corrected chi connectivity index (χ2v) is 4.13. The molecule has 7 nitrogen and oxygen atoms in total. The van der Waals surface area contributed by atoms with Crippen LogP contribution < -0.4 is 0 Å². The summed E-state index contributed by atoms with van der Waals surface area (Å²) in [6.45, 7) is 1.63. The normalized spacial score (nSPS) is 13.1. The van der Waals surface area contributed by atoms with Crippen molar-refractivity contribution < 1.29 is 5.11 Å². The third kappa shape index (κ3) is 1.65. The highest BCUT2D eigenvalue weighted by Gasteiger charge is 2.13. The second kappa shape index (κ2) is 3.88. The van der Waals surface area contributed by atoms with E-state index in [0.29, 0.717) is 11.5 Å². The summed E-state index contributed by atoms with van der Waals surface area (Å²) in [5.41, 5.74) is 2.28. The molecule has 0 aliphatic carbocycles. The van der Waals surface area contributed by atoms with Crippen molar-refractivity contribution in [3.05, 3.63) is 30.4 Å². The molecule has 0 unspecified atom stereocenters. The molecule has 3 heterocycles. The third-order valence-electron chi connectivity index (χ3n) is 2.66. The molecule has 0 spiro atoms. The standard InChI is InChI=1S/C11H12N6O/c1-7(18)11-14-13-10-4-3-9(15-17(10)11)8-5-12-16(2)6-8/h3-7,18H,1-2H3/t7-/m0/s1. The summed E-state index contributed by atoms with van der Waals surface area (Å²) < 4.78 is 3.26. The van der Waals surface area contributed by atoms with Gasteiger partial charge in [-0.1, -0.05) is 0 Å². The summed E-state index contributed by atoms with van der Waals surface area (Å²) in [4.78, 5) is 0. The van der Waals surface area contributed by atoms with Crippen molar-refractivity contribution in [3.8, 4) is 11.3 Å². The molecule has 0 radical (unpaired) electrons. The first-order valence-corrected chi connectivity index (χ1v) is 5.54. The van der Waals surface area contributed by atoms with E-state index in [1.54, 1.807) is 22.3 Å². The van der Waals surface area contributed by atoms with Gasteiger partial charge in [-0.2, -0.15) is 14.7 Å². The van der Waals surface area contributed by atoms with Crippen molar-refractivity contribution in [2.75, 3.05) is 0 Å². The number of hydrogen-bond acceptors (Lipinski definition) is 5. The zero-order valence-corrected chi connectivity index (χ0v) is 10.0. The van der Waals surface area contributed by atoms with Crippen molar-refractivity contribution in [2.45, 2.75) is 13.0 Å². The fraction of sp³-hybridized carbons (Fsp3) is 0.273. The molecule has 1 atom stereocenters. The lowest BCUT2D eigenvalue weighted by molar-refractivity contribution is 0.186. The van der Waals surface area contributed by atoms with Crippen LogP contribution in [-0.4, -0.2) is 34.7 Å². The van der Waals surface area contributed by atoms with Gasteiger partial charge in [-0.05, 0) is 19.1 Å². The molecule has 0 fully saturated rings. The van der Waals surface area contributed by atoms with Crippen molar-refractivity contribution in [2.24, 2.45) is 7.05 Å². The molecule has 18 heavy (non-hydrogen) atoms. The summed E-state index contributed by atoms with van der Waals surface area (Å²) in [6, 6.07) is 3.67. The van der Waals surface area contributed by atoms with Gasteiger partial charge in [-0.15, -0.1) is 10.2 Å². The third-order valence-corrected chi connectivity index (χ3v) is 2.66.